The van der Waals surface area contributed by atoms with Gasteiger partial charge in [0.2, 0.25) is 0 Å². The van der Waals surface area contributed by atoms with E-state index in [1.54, 1.807) is 9.58 Å². The number of nitrogens with zero attached hydrogens (tertiary/aromatic N) is 3. The number of carbonyl (C=O) groups is 2. The number of ether oxygens (including phenoxy) is 3. The molecule has 1 saturated heterocycles. The predicted molar refractivity (Wildman–Crippen MR) is 107 cm³/mol. The normalized spacial score (nSPS) is 16.0. The Morgan fingerprint density at radius 2 is 1.90 bits per heavy atom. The average molecular weight is 432 g/mol. The molecule has 0 bridgehead atoms. The van der Waals surface area contributed by atoms with Crippen molar-refractivity contribution in [3.8, 4) is 5.75 Å². The second-order valence-electron chi connectivity index (χ2n) is 7.30. The third-order valence-corrected chi connectivity index (χ3v) is 5.23. The number of amides is 2. The molecule has 0 saturated carbocycles. The van der Waals surface area contributed by atoms with Crippen LogP contribution in [0.2, 0.25) is 0 Å². The van der Waals surface area contributed by atoms with E-state index < -0.39 is 0 Å². The Bertz CT molecular complexity index is 925. The van der Waals surface area contributed by atoms with Crippen molar-refractivity contribution in [1.82, 2.24) is 20.0 Å². The lowest BCUT2D eigenvalue weighted by molar-refractivity contribution is -0.123. The summed E-state index contributed by atoms with van der Waals surface area (Å²) in [6.07, 6.45) is 0.667. The van der Waals surface area contributed by atoms with E-state index in [1.165, 1.54) is 24.3 Å². The van der Waals surface area contributed by atoms with Gasteiger partial charge in [-0.15, -0.1) is 0 Å². The molecule has 1 fully saturated rings. The van der Waals surface area contributed by atoms with Gasteiger partial charge in [0, 0.05) is 37.3 Å². The number of rotatable bonds is 7. The van der Waals surface area contributed by atoms with Gasteiger partial charge in [0.1, 0.15) is 11.6 Å². The molecule has 2 aromatic rings. The Kier molecular flexibility index (Phi) is 6.78. The zero-order valence-corrected chi connectivity index (χ0v) is 17.1. The number of benzene rings is 1. The number of fused-ring (bicyclic) bond motifs is 1. The van der Waals surface area contributed by atoms with E-state index in [2.05, 4.69) is 10.4 Å². The fraction of sp³-hybridized carbons (Fsp3) is 0.476. The molecule has 0 spiro atoms. The number of hydrogen-bond acceptors (Lipinski definition) is 6. The molecule has 2 aliphatic rings. The molecular weight excluding hydrogens is 407 g/mol. The first-order chi connectivity index (χ1) is 15.1. The maximum Gasteiger partial charge on any atom is 0.274 e. The highest BCUT2D eigenvalue weighted by atomic mass is 19.1. The van der Waals surface area contributed by atoms with Crippen molar-refractivity contribution in [2.24, 2.45) is 0 Å². The van der Waals surface area contributed by atoms with Crippen LogP contribution in [0.4, 0.5) is 4.39 Å². The molecule has 2 amide bonds. The molecule has 0 radical (unpaired) electrons. The van der Waals surface area contributed by atoms with Crippen LogP contribution >= 0.6 is 0 Å². The van der Waals surface area contributed by atoms with Crippen LogP contribution < -0.4 is 10.1 Å². The Balaban J connectivity index is 1.33. The first kappa shape index (κ1) is 21.3. The topological polar surface area (TPSA) is 94.9 Å². The minimum absolute atomic E-state index is 0.111. The van der Waals surface area contributed by atoms with Crippen molar-refractivity contribution in [2.45, 2.75) is 19.6 Å². The number of aromatic nitrogens is 2. The lowest BCUT2D eigenvalue weighted by Crippen LogP contribution is -2.41. The number of morpholine rings is 1. The maximum atomic E-state index is 12.9. The number of carbonyl (C=O) groups excluding carboxylic acids is 2. The predicted octanol–water partition coefficient (Wildman–Crippen LogP) is 0.762. The summed E-state index contributed by atoms with van der Waals surface area (Å²) in [5.74, 6) is -0.348. The van der Waals surface area contributed by atoms with Crippen molar-refractivity contribution in [3.05, 3.63) is 47.0 Å². The molecule has 31 heavy (non-hydrogen) atoms. The van der Waals surface area contributed by atoms with Gasteiger partial charge in [0.25, 0.3) is 11.8 Å². The van der Waals surface area contributed by atoms with Crippen molar-refractivity contribution in [1.29, 1.82) is 0 Å². The smallest absolute Gasteiger partial charge is 0.274 e. The summed E-state index contributed by atoms with van der Waals surface area (Å²) in [5, 5.41) is 7.33. The van der Waals surface area contributed by atoms with E-state index in [1.807, 2.05) is 0 Å². The molecule has 9 nitrogen and oxygen atoms in total. The van der Waals surface area contributed by atoms with Gasteiger partial charge < -0.3 is 24.4 Å². The van der Waals surface area contributed by atoms with E-state index in [4.69, 9.17) is 14.2 Å². The highest BCUT2D eigenvalue weighted by Crippen LogP contribution is 2.22. The van der Waals surface area contributed by atoms with E-state index >= 15 is 0 Å². The molecule has 4 rings (SSSR count). The fourth-order valence-electron chi connectivity index (χ4n) is 3.61. The van der Waals surface area contributed by atoms with Crippen LogP contribution in [0.3, 0.4) is 0 Å². The van der Waals surface area contributed by atoms with Crippen LogP contribution in [-0.4, -0.2) is 72.6 Å². The highest BCUT2D eigenvalue weighted by Gasteiger charge is 2.29. The highest BCUT2D eigenvalue weighted by molar-refractivity contribution is 5.94. The van der Waals surface area contributed by atoms with Gasteiger partial charge in [-0.1, -0.05) is 0 Å². The Morgan fingerprint density at radius 1 is 1.13 bits per heavy atom. The van der Waals surface area contributed by atoms with Gasteiger partial charge >= 0.3 is 0 Å². The fourth-order valence-corrected chi connectivity index (χ4v) is 3.61. The lowest BCUT2D eigenvalue weighted by Gasteiger charge is -2.26. The molecule has 3 heterocycles. The second kappa shape index (κ2) is 9.88. The molecule has 1 aromatic carbocycles. The van der Waals surface area contributed by atoms with Crippen molar-refractivity contribution in [2.75, 3.05) is 46.1 Å². The molecule has 166 valence electrons. The quantitative estimate of drug-likeness (QED) is 0.694. The zero-order chi connectivity index (χ0) is 21.6. The second-order valence-corrected chi connectivity index (χ2v) is 7.30. The van der Waals surface area contributed by atoms with Crippen LogP contribution in [0.5, 0.6) is 5.75 Å². The van der Waals surface area contributed by atoms with Crippen LogP contribution in [0.15, 0.2) is 24.3 Å². The van der Waals surface area contributed by atoms with Crippen LogP contribution in [0, 0.1) is 5.82 Å². The van der Waals surface area contributed by atoms with Gasteiger partial charge in [0.05, 0.1) is 33.0 Å². The molecule has 0 aliphatic carbocycles. The summed E-state index contributed by atoms with van der Waals surface area (Å²) in [5.41, 5.74) is 2.22. The summed E-state index contributed by atoms with van der Waals surface area (Å²) in [4.78, 5) is 26.7. The third-order valence-electron chi connectivity index (χ3n) is 5.23. The molecule has 10 heteroatoms. The average Bonchev–Trinajstić information content (AvgIpc) is 3.17. The van der Waals surface area contributed by atoms with Gasteiger partial charge in [-0.25, -0.2) is 4.39 Å². The van der Waals surface area contributed by atoms with Crippen LogP contribution in [0.25, 0.3) is 0 Å². The first-order valence-corrected chi connectivity index (χ1v) is 10.3. The molecule has 0 unspecified atom stereocenters. The lowest BCUT2D eigenvalue weighted by atomic mass is 10.1. The van der Waals surface area contributed by atoms with Gasteiger partial charge in [-0.2, -0.15) is 5.10 Å². The number of halogens is 1. The Hall–Kier alpha value is -2.98. The molecule has 1 N–H and O–H groups in total. The van der Waals surface area contributed by atoms with Crippen molar-refractivity contribution >= 4 is 11.8 Å². The molecule has 2 aliphatic heterocycles. The molecule has 1 aromatic heterocycles. The third kappa shape index (κ3) is 5.20. The standard InChI is InChI=1S/C21H25FN4O5/c22-15-1-3-16(4-2-15)31-14-19(27)23-6-7-26-18-5-10-30-13-17(18)20(24-26)21(28)25-8-11-29-12-9-25/h1-4H,5-14H2,(H,23,27). The summed E-state index contributed by atoms with van der Waals surface area (Å²) in [7, 11) is 0. The minimum atomic E-state index is -0.365. The van der Waals surface area contributed by atoms with Gasteiger partial charge in [0.15, 0.2) is 12.3 Å². The van der Waals surface area contributed by atoms with Gasteiger partial charge in [-0.3, -0.25) is 14.3 Å². The van der Waals surface area contributed by atoms with Crippen LogP contribution in [-0.2, 0) is 33.8 Å². The zero-order valence-electron chi connectivity index (χ0n) is 17.1. The van der Waals surface area contributed by atoms with E-state index in [0.717, 1.165) is 11.3 Å². The number of nitrogens with one attached hydrogen (secondary N) is 1. The Labute approximate surface area is 179 Å². The SMILES string of the molecule is O=C(COc1ccc(F)cc1)NCCn1nc(C(=O)N2CCOCC2)c2c1CCOC2. The van der Waals surface area contributed by atoms with Crippen molar-refractivity contribution < 1.29 is 28.2 Å². The minimum Gasteiger partial charge on any atom is -0.484 e. The van der Waals surface area contributed by atoms with Gasteiger partial charge in [-0.05, 0) is 24.3 Å². The summed E-state index contributed by atoms with van der Waals surface area (Å²) < 4.78 is 30.9. The summed E-state index contributed by atoms with van der Waals surface area (Å²) in [6.45, 7) is 3.68. The largest absolute Gasteiger partial charge is 0.484 e. The van der Waals surface area contributed by atoms with E-state index in [-0.39, 0.29) is 24.2 Å². The summed E-state index contributed by atoms with van der Waals surface area (Å²) in [6, 6.07) is 5.47. The van der Waals surface area contributed by atoms with E-state index in [9.17, 15) is 14.0 Å². The Morgan fingerprint density at radius 3 is 2.68 bits per heavy atom. The van der Waals surface area contributed by atoms with Crippen molar-refractivity contribution in [3.63, 3.8) is 0 Å². The van der Waals surface area contributed by atoms with E-state index in [0.29, 0.717) is 70.5 Å². The monoisotopic (exact) mass is 432 g/mol. The number of hydrogen-bond donors (Lipinski definition) is 1. The maximum absolute atomic E-state index is 12.9. The molecule has 0 atom stereocenters. The summed E-state index contributed by atoms with van der Waals surface area (Å²) >= 11 is 0. The van der Waals surface area contributed by atoms with Crippen LogP contribution in [0.1, 0.15) is 21.7 Å². The first-order valence-electron chi connectivity index (χ1n) is 10.3. The molecular formula is C21H25FN4O5.